The van der Waals surface area contributed by atoms with Crippen molar-refractivity contribution in [3.05, 3.63) is 71.8 Å². The maximum absolute atomic E-state index is 10.8. The maximum atomic E-state index is 10.8. The van der Waals surface area contributed by atoms with Gasteiger partial charge in [-0.25, -0.2) is 0 Å². The first-order valence-corrected chi connectivity index (χ1v) is 9.53. The molecule has 0 amide bonds. The minimum atomic E-state index is -0.547. The maximum Gasteiger partial charge on any atom is 0.0787 e. The Kier molecular flexibility index (Phi) is 5.76. The highest BCUT2D eigenvalue weighted by molar-refractivity contribution is 7.99. The first kappa shape index (κ1) is 16.6. The zero-order valence-corrected chi connectivity index (χ0v) is 14.3. The number of benzene rings is 2. The predicted octanol–water partition coefficient (Wildman–Crippen LogP) is 3.82. The van der Waals surface area contributed by atoms with Crippen molar-refractivity contribution in [3.8, 4) is 0 Å². The summed E-state index contributed by atoms with van der Waals surface area (Å²) in [6.45, 7) is 0.667. The normalized spacial score (nSPS) is 18.5. The standard InChI is InChI=1S/C20H25NOS/c22-20(11-13-23-14-12-20)16-21-19(18-9-5-2-6-10-18)15-17-7-3-1-4-8-17/h1-10,19,21-22H,11-16H2. The second-order valence-corrected chi connectivity index (χ2v) is 7.60. The van der Waals surface area contributed by atoms with E-state index in [1.165, 1.54) is 11.1 Å². The number of rotatable bonds is 6. The molecule has 1 fully saturated rings. The van der Waals surface area contributed by atoms with E-state index in [0.717, 1.165) is 30.8 Å². The van der Waals surface area contributed by atoms with Gasteiger partial charge in [-0.3, -0.25) is 0 Å². The summed E-state index contributed by atoms with van der Waals surface area (Å²) in [6.07, 6.45) is 2.71. The van der Waals surface area contributed by atoms with Crippen LogP contribution in [0.15, 0.2) is 60.7 Å². The van der Waals surface area contributed by atoms with Gasteiger partial charge in [0.05, 0.1) is 5.60 Å². The third-order valence-corrected chi connectivity index (χ3v) is 5.57. The fourth-order valence-electron chi connectivity index (χ4n) is 3.08. The molecule has 3 rings (SSSR count). The van der Waals surface area contributed by atoms with E-state index in [-0.39, 0.29) is 6.04 Å². The quantitative estimate of drug-likeness (QED) is 0.846. The Balaban J connectivity index is 1.70. The van der Waals surface area contributed by atoms with Gasteiger partial charge in [-0.1, -0.05) is 60.7 Å². The second-order valence-electron chi connectivity index (χ2n) is 6.37. The zero-order chi connectivity index (χ0) is 16.0. The van der Waals surface area contributed by atoms with Crippen LogP contribution in [-0.4, -0.2) is 28.8 Å². The molecule has 1 aliphatic heterocycles. The third-order valence-electron chi connectivity index (χ3n) is 4.59. The molecule has 1 unspecified atom stereocenters. The molecule has 23 heavy (non-hydrogen) atoms. The predicted molar refractivity (Wildman–Crippen MR) is 98.8 cm³/mol. The molecule has 0 saturated carbocycles. The second kappa shape index (κ2) is 8.00. The Labute approximate surface area is 143 Å². The average molecular weight is 327 g/mol. The lowest BCUT2D eigenvalue weighted by Crippen LogP contribution is -2.44. The van der Waals surface area contributed by atoms with Gasteiger partial charge in [0.1, 0.15) is 0 Å². The largest absolute Gasteiger partial charge is 0.389 e. The Morgan fingerprint density at radius 3 is 2.22 bits per heavy atom. The molecule has 0 bridgehead atoms. The molecule has 0 radical (unpaired) electrons. The molecule has 3 heteroatoms. The number of thioether (sulfide) groups is 1. The smallest absolute Gasteiger partial charge is 0.0787 e. The molecule has 0 aromatic heterocycles. The van der Waals surface area contributed by atoms with Crippen LogP contribution in [0, 0.1) is 0 Å². The van der Waals surface area contributed by atoms with Crippen molar-refractivity contribution in [2.24, 2.45) is 0 Å². The first-order chi connectivity index (χ1) is 11.3. The fourth-order valence-corrected chi connectivity index (χ4v) is 4.34. The van der Waals surface area contributed by atoms with Gasteiger partial charge in [0.2, 0.25) is 0 Å². The topological polar surface area (TPSA) is 32.3 Å². The first-order valence-electron chi connectivity index (χ1n) is 8.38. The summed E-state index contributed by atoms with van der Waals surface area (Å²) in [5.74, 6) is 2.12. The molecular formula is C20H25NOS. The van der Waals surface area contributed by atoms with Gasteiger partial charge in [-0.2, -0.15) is 11.8 Å². The Bertz CT molecular complexity index is 581. The van der Waals surface area contributed by atoms with Gasteiger partial charge in [-0.15, -0.1) is 0 Å². The van der Waals surface area contributed by atoms with Crippen molar-refractivity contribution in [2.45, 2.75) is 30.9 Å². The van der Waals surface area contributed by atoms with Gasteiger partial charge in [0.15, 0.2) is 0 Å². The van der Waals surface area contributed by atoms with Crippen LogP contribution in [0.5, 0.6) is 0 Å². The summed E-state index contributed by atoms with van der Waals surface area (Å²) in [4.78, 5) is 0. The van der Waals surface area contributed by atoms with Gasteiger partial charge in [0, 0.05) is 12.6 Å². The van der Waals surface area contributed by atoms with Gasteiger partial charge >= 0.3 is 0 Å². The van der Waals surface area contributed by atoms with E-state index in [1.807, 2.05) is 11.8 Å². The van der Waals surface area contributed by atoms with E-state index in [4.69, 9.17) is 0 Å². The molecule has 2 aromatic carbocycles. The Morgan fingerprint density at radius 1 is 0.957 bits per heavy atom. The van der Waals surface area contributed by atoms with Crippen LogP contribution >= 0.6 is 11.8 Å². The lowest BCUT2D eigenvalue weighted by molar-refractivity contribution is 0.0295. The Hall–Kier alpha value is -1.29. The lowest BCUT2D eigenvalue weighted by atomic mass is 9.94. The van der Waals surface area contributed by atoms with Gasteiger partial charge in [0.25, 0.3) is 0 Å². The van der Waals surface area contributed by atoms with E-state index in [1.54, 1.807) is 0 Å². The van der Waals surface area contributed by atoms with Crippen LogP contribution in [0.3, 0.4) is 0 Å². The molecule has 1 aliphatic rings. The molecule has 0 spiro atoms. The summed E-state index contributed by atoms with van der Waals surface area (Å²) in [5.41, 5.74) is 2.06. The summed E-state index contributed by atoms with van der Waals surface area (Å²) in [5, 5.41) is 14.4. The van der Waals surface area contributed by atoms with Crippen LogP contribution in [0.2, 0.25) is 0 Å². The molecule has 0 aliphatic carbocycles. The highest BCUT2D eigenvalue weighted by Crippen LogP contribution is 2.27. The number of nitrogens with one attached hydrogen (secondary N) is 1. The van der Waals surface area contributed by atoms with E-state index in [2.05, 4.69) is 66.0 Å². The van der Waals surface area contributed by atoms with Crippen molar-refractivity contribution in [1.29, 1.82) is 0 Å². The van der Waals surface area contributed by atoms with Crippen molar-refractivity contribution in [3.63, 3.8) is 0 Å². The third kappa shape index (κ3) is 4.84. The average Bonchev–Trinajstić information content (AvgIpc) is 2.61. The molecule has 1 saturated heterocycles. The molecule has 2 N–H and O–H groups in total. The molecular weight excluding hydrogens is 302 g/mol. The van der Waals surface area contributed by atoms with E-state index < -0.39 is 5.60 Å². The summed E-state index contributed by atoms with van der Waals surface area (Å²) in [6, 6.07) is 21.4. The van der Waals surface area contributed by atoms with Crippen molar-refractivity contribution in [2.75, 3.05) is 18.1 Å². The summed E-state index contributed by atoms with van der Waals surface area (Å²) < 4.78 is 0. The fraction of sp³-hybridized carbons (Fsp3) is 0.400. The SMILES string of the molecule is OC1(CNC(Cc2ccccc2)c2ccccc2)CCSCC1. The van der Waals surface area contributed by atoms with E-state index in [9.17, 15) is 5.11 Å². The molecule has 1 atom stereocenters. The number of hydrogen-bond acceptors (Lipinski definition) is 3. The molecule has 122 valence electrons. The molecule has 1 heterocycles. The number of aliphatic hydroxyl groups is 1. The van der Waals surface area contributed by atoms with Crippen LogP contribution in [0.4, 0.5) is 0 Å². The number of hydrogen-bond donors (Lipinski definition) is 2. The van der Waals surface area contributed by atoms with E-state index >= 15 is 0 Å². The van der Waals surface area contributed by atoms with Crippen LogP contribution in [0.25, 0.3) is 0 Å². The monoisotopic (exact) mass is 327 g/mol. The van der Waals surface area contributed by atoms with Gasteiger partial charge in [-0.05, 0) is 41.9 Å². The van der Waals surface area contributed by atoms with Crippen molar-refractivity contribution >= 4 is 11.8 Å². The van der Waals surface area contributed by atoms with E-state index in [0.29, 0.717) is 6.54 Å². The lowest BCUT2D eigenvalue weighted by Gasteiger charge is -2.34. The zero-order valence-electron chi connectivity index (χ0n) is 13.4. The minimum Gasteiger partial charge on any atom is -0.389 e. The Morgan fingerprint density at radius 2 is 1.57 bits per heavy atom. The van der Waals surface area contributed by atoms with Crippen LogP contribution < -0.4 is 5.32 Å². The highest BCUT2D eigenvalue weighted by Gasteiger charge is 2.30. The van der Waals surface area contributed by atoms with Crippen molar-refractivity contribution in [1.82, 2.24) is 5.32 Å². The minimum absolute atomic E-state index is 0.234. The van der Waals surface area contributed by atoms with Gasteiger partial charge < -0.3 is 10.4 Å². The summed E-state index contributed by atoms with van der Waals surface area (Å²) >= 11 is 1.94. The molecule has 2 nitrogen and oxygen atoms in total. The summed E-state index contributed by atoms with van der Waals surface area (Å²) in [7, 11) is 0. The molecule has 2 aromatic rings. The van der Waals surface area contributed by atoms with Crippen LogP contribution in [0.1, 0.15) is 30.0 Å². The highest BCUT2D eigenvalue weighted by atomic mass is 32.2. The van der Waals surface area contributed by atoms with Crippen molar-refractivity contribution < 1.29 is 5.11 Å². The van der Waals surface area contributed by atoms with Crippen LogP contribution in [-0.2, 0) is 6.42 Å².